The fourth-order valence-electron chi connectivity index (χ4n) is 3.43. The molecule has 5 N–H and O–H groups in total. The number of aryl methyl sites for hydroxylation is 1. The van der Waals surface area contributed by atoms with Gasteiger partial charge in [-0.15, -0.1) is 16.9 Å². The van der Waals surface area contributed by atoms with Crippen molar-refractivity contribution in [2.24, 2.45) is 12.8 Å². The maximum Gasteiger partial charge on any atom is 0.352 e. The number of ether oxygens (including phenoxy) is 1. The number of hydrogen-bond donors (Lipinski definition) is 4. The average Bonchev–Trinajstić information content (AvgIpc) is 3.19. The van der Waals surface area contributed by atoms with Gasteiger partial charge in [-0.3, -0.25) is 19.3 Å². The molecule has 2 aliphatic heterocycles. The monoisotopic (exact) mass is 501 g/mol. The minimum atomic E-state index is -1.70. The largest absolute Gasteiger partial charge is 0.480 e. The number of hydrogen-bond acceptors (Lipinski definition) is 11. The van der Waals surface area contributed by atoms with Crippen molar-refractivity contribution >= 4 is 47.3 Å². The predicted molar refractivity (Wildman–Crippen MR) is 115 cm³/mol. The summed E-state index contributed by atoms with van der Waals surface area (Å²) in [5.74, 6) is -3.10. The Bertz CT molecular complexity index is 1000. The summed E-state index contributed by atoms with van der Waals surface area (Å²) in [4.78, 5) is 49.4. The molecule has 2 amide bonds. The van der Waals surface area contributed by atoms with Gasteiger partial charge in [0.2, 0.25) is 11.1 Å². The van der Waals surface area contributed by atoms with E-state index in [-0.39, 0.29) is 30.7 Å². The molecule has 0 aromatic carbocycles. The van der Waals surface area contributed by atoms with Crippen LogP contribution in [0.4, 0.5) is 0 Å². The van der Waals surface area contributed by atoms with Crippen molar-refractivity contribution in [2.45, 2.75) is 41.6 Å². The second-order valence-corrected chi connectivity index (χ2v) is 9.31. The van der Waals surface area contributed by atoms with Crippen molar-refractivity contribution < 1.29 is 34.1 Å². The van der Waals surface area contributed by atoms with E-state index >= 15 is 0 Å². The van der Waals surface area contributed by atoms with E-state index in [0.29, 0.717) is 16.5 Å². The zero-order valence-corrected chi connectivity index (χ0v) is 19.4. The number of thioether (sulfide) groups is 2. The Labute approximate surface area is 196 Å². The number of nitrogens with one attached hydrogen (secondary N) is 1. The molecule has 0 aliphatic carbocycles. The van der Waals surface area contributed by atoms with Crippen molar-refractivity contribution in [3.8, 4) is 0 Å². The van der Waals surface area contributed by atoms with Gasteiger partial charge in [0.25, 0.3) is 11.6 Å². The Morgan fingerprint density at radius 1 is 1.42 bits per heavy atom. The van der Waals surface area contributed by atoms with E-state index in [4.69, 9.17) is 15.6 Å². The molecule has 2 aliphatic rings. The predicted octanol–water partition coefficient (Wildman–Crippen LogP) is -1.40. The van der Waals surface area contributed by atoms with E-state index in [1.807, 2.05) is 0 Å². The highest BCUT2D eigenvalue weighted by molar-refractivity contribution is 8.01. The summed E-state index contributed by atoms with van der Waals surface area (Å²) < 4.78 is 6.83. The maximum absolute atomic E-state index is 13.0. The highest BCUT2D eigenvalue weighted by Gasteiger charge is 2.66. The minimum Gasteiger partial charge on any atom is -0.480 e. The molecule has 0 radical (unpaired) electrons. The number of carboxylic acids is 2. The van der Waals surface area contributed by atoms with Gasteiger partial charge in [-0.05, 0) is 28.8 Å². The number of nitrogens with zero attached hydrogens (tertiary/aromatic N) is 5. The van der Waals surface area contributed by atoms with Gasteiger partial charge in [0.1, 0.15) is 17.1 Å². The zero-order chi connectivity index (χ0) is 24.3. The summed E-state index contributed by atoms with van der Waals surface area (Å²) in [7, 11) is 2.91. The third-order valence-corrected chi connectivity index (χ3v) is 7.62. The highest BCUT2D eigenvalue weighted by Crippen LogP contribution is 2.47. The van der Waals surface area contributed by atoms with Crippen molar-refractivity contribution in [1.82, 2.24) is 30.4 Å². The maximum atomic E-state index is 13.0. The minimum absolute atomic E-state index is 0.0635. The van der Waals surface area contributed by atoms with E-state index in [9.17, 15) is 24.3 Å². The van der Waals surface area contributed by atoms with E-state index in [1.54, 1.807) is 7.05 Å². The first-order chi connectivity index (χ1) is 15.6. The van der Waals surface area contributed by atoms with Crippen LogP contribution in [0.15, 0.2) is 16.4 Å². The number of carboxylic acid groups (broad SMARTS) is 2. The van der Waals surface area contributed by atoms with Crippen LogP contribution in [0.25, 0.3) is 0 Å². The number of β-lactam (4-membered cyclic amide) rings is 1. The van der Waals surface area contributed by atoms with Gasteiger partial charge >= 0.3 is 11.9 Å². The molecular weight excluding hydrogens is 478 g/mol. The van der Waals surface area contributed by atoms with Crippen LogP contribution in [0.5, 0.6) is 0 Å². The van der Waals surface area contributed by atoms with Crippen molar-refractivity contribution in [2.75, 3.05) is 18.6 Å². The number of aromatic nitrogens is 4. The number of methoxy groups -OCH3 is 1. The summed E-state index contributed by atoms with van der Waals surface area (Å²) in [5.41, 5.74) is 4.09. The first kappa shape index (κ1) is 24.9. The van der Waals surface area contributed by atoms with Crippen molar-refractivity contribution in [1.29, 1.82) is 0 Å². The Hall–Kier alpha value is -2.69. The standard InChI is InChI=1S/C17H23N7O7S2/c1-23-16(20-21-22-23)33-7-8-6-32-15-17(31-2,14(30)24(15)11(8)13(28)29)19-10(25)5-3-4-9(18)12(26)27/h9,15H,3-7,18H2,1-2H3,(H,19,25)(H,26,27)(H,28,29)/t9-,15-,17+/m1/s1. The van der Waals surface area contributed by atoms with Crippen LogP contribution in [0, 0.1) is 0 Å². The van der Waals surface area contributed by atoms with Crippen LogP contribution in [-0.2, 0) is 31.0 Å². The number of rotatable bonds is 11. The number of carbonyl (C=O) groups excluding carboxylic acids is 2. The van der Waals surface area contributed by atoms with Crippen molar-refractivity contribution in [3.63, 3.8) is 0 Å². The summed E-state index contributed by atoms with van der Waals surface area (Å²) in [6.07, 6.45) is 0.230. The first-order valence-electron chi connectivity index (χ1n) is 9.72. The summed E-state index contributed by atoms with van der Waals surface area (Å²) >= 11 is 2.51. The van der Waals surface area contributed by atoms with E-state index in [1.165, 1.54) is 35.3 Å². The molecule has 0 unspecified atom stereocenters. The molecule has 3 atom stereocenters. The zero-order valence-electron chi connectivity index (χ0n) is 17.8. The third kappa shape index (κ3) is 4.83. The molecule has 1 saturated heterocycles. The Morgan fingerprint density at radius 2 is 2.15 bits per heavy atom. The number of tetrazole rings is 1. The summed E-state index contributed by atoms with van der Waals surface area (Å²) in [6, 6.07) is -1.08. The topological polar surface area (TPSA) is 203 Å². The quantitative estimate of drug-likeness (QED) is 0.157. The number of nitrogens with two attached hydrogens (primary N) is 1. The first-order valence-corrected chi connectivity index (χ1v) is 11.8. The van der Waals surface area contributed by atoms with Gasteiger partial charge in [-0.2, -0.15) is 0 Å². The van der Waals surface area contributed by atoms with Gasteiger partial charge in [-0.25, -0.2) is 9.48 Å². The third-order valence-electron chi connectivity index (χ3n) is 5.15. The van der Waals surface area contributed by atoms with E-state index < -0.39 is 40.9 Å². The Balaban J connectivity index is 1.70. The lowest BCUT2D eigenvalue weighted by Gasteiger charge is -2.55. The molecule has 1 fully saturated rings. The number of amides is 2. The SMILES string of the molecule is CO[C@@]1(NC(=O)CCC[C@@H](N)C(=O)O)C(=O)N2C(C(=O)O)=C(CSc3nnnn3C)CS[C@@H]21. The molecule has 3 rings (SSSR count). The van der Waals surface area contributed by atoms with Crippen LogP contribution in [0.1, 0.15) is 19.3 Å². The van der Waals surface area contributed by atoms with Gasteiger partial charge in [-0.1, -0.05) is 11.8 Å². The van der Waals surface area contributed by atoms with Crippen LogP contribution in [0.3, 0.4) is 0 Å². The second-order valence-electron chi connectivity index (χ2n) is 7.29. The molecule has 0 bridgehead atoms. The van der Waals surface area contributed by atoms with Crippen LogP contribution >= 0.6 is 23.5 Å². The lowest BCUT2D eigenvalue weighted by atomic mass is 9.98. The Morgan fingerprint density at radius 3 is 2.73 bits per heavy atom. The fraction of sp³-hybridized carbons (Fsp3) is 0.588. The molecular formula is C17H23N7O7S2. The van der Waals surface area contributed by atoms with Crippen LogP contribution in [-0.4, -0.2) is 94.8 Å². The van der Waals surface area contributed by atoms with Gasteiger partial charge < -0.3 is 26.0 Å². The van der Waals surface area contributed by atoms with Crippen molar-refractivity contribution in [3.05, 3.63) is 11.3 Å². The number of fused-ring (bicyclic) bond motifs is 1. The normalized spacial score (nSPS) is 23.1. The Kier molecular flexibility index (Phi) is 7.61. The van der Waals surface area contributed by atoms with E-state index in [0.717, 1.165) is 4.90 Å². The molecule has 16 heteroatoms. The second kappa shape index (κ2) is 10.1. The molecule has 1 aromatic rings. The smallest absolute Gasteiger partial charge is 0.352 e. The summed E-state index contributed by atoms with van der Waals surface area (Å²) in [5, 5.41) is 32.0. The lowest BCUT2D eigenvalue weighted by Crippen LogP contribution is -2.80. The van der Waals surface area contributed by atoms with E-state index in [2.05, 4.69) is 20.8 Å². The molecule has 180 valence electrons. The molecule has 0 spiro atoms. The van der Waals surface area contributed by atoms with Gasteiger partial charge in [0.05, 0.1) is 0 Å². The highest BCUT2D eigenvalue weighted by atomic mass is 32.2. The molecule has 33 heavy (non-hydrogen) atoms. The molecule has 14 nitrogen and oxygen atoms in total. The molecule has 3 heterocycles. The lowest BCUT2D eigenvalue weighted by molar-refractivity contribution is -0.192. The average molecular weight is 502 g/mol. The molecule has 0 saturated carbocycles. The number of aliphatic carboxylic acids is 2. The number of carbonyl (C=O) groups is 4. The van der Waals surface area contributed by atoms with Crippen LogP contribution in [0.2, 0.25) is 0 Å². The van der Waals surface area contributed by atoms with Gasteiger partial charge in [0.15, 0.2) is 0 Å². The van der Waals surface area contributed by atoms with Crippen LogP contribution < -0.4 is 11.1 Å². The summed E-state index contributed by atoms with van der Waals surface area (Å²) in [6.45, 7) is 0. The van der Waals surface area contributed by atoms with Gasteiger partial charge in [0, 0.05) is 32.1 Å². The molecule has 1 aromatic heterocycles. The fourth-order valence-corrected chi connectivity index (χ4v) is 5.85.